The van der Waals surface area contributed by atoms with Crippen molar-refractivity contribution < 1.29 is 13.6 Å². The van der Waals surface area contributed by atoms with E-state index in [9.17, 15) is 4.79 Å². The smallest absolute Gasteiger partial charge is 0.221 e. The van der Waals surface area contributed by atoms with Crippen LogP contribution in [0.1, 0.15) is 16.3 Å². The maximum atomic E-state index is 12.4. The fraction of sp³-hybridized carbons (Fsp3) is 0. The molecular weight excluding hydrogens is 395 g/mol. The minimum atomic E-state index is -0.276. The zero-order valence-corrected chi connectivity index (χ0v) is 16.1. The van der Waals surface area contributed by atoms with Gasteiger partial charge in [-0.25, -0.2) is 0 Å². The van der Waals surface area contributed by atoms with Crippen LogP contribution in [-0.2, 0) is 0 Å². The standard InChI is InChI=1S/C23H14Cl2O3/c24-16-6-9-19(25)18(14-16)22-12-13-23(28-22)20(26)10-7-17-8-11-21(27-17)15-4-2-1-3-5-15/h1-14H. The van der Waals surface area contributed by atoms with Crippen molar-refractivity contribution >= 4 is 35.1 Å². The molecule has 4 aromatic rings. The monoisotopic (exact) mass is 408 g/mol. The average molecular weight is 409 g/mol. The number of rotatable bonds is 5. The summed E-state index contributed by atoms with van der Waals surface area (Å²) in [6.45, 7) is 0. The molecule has 2 aromatic carbocycles. The van der Waals surface area contributed by atoms with E-state index in [1.54, 1.807) is 36.4 Å². The van der Waals surface area contributed by atoms with E-state index in [1.165, 1.54) is 6.08 Å². The van der Waals surface area contributed by atoms with Gasteiger partial charge in [0.25, 0.3) is 0 Å². The summed E-state index contributed by atoms with van der Waals surface area (Å²) in [5.74, 6) is 1.73. The highest BCUT2D eigenvalue weighted by atomic mass is 35.5. The van der Waals surface area contributed by atoms with Gasteiger partial charge in [-0.15, -0.1) is 0 Å². The lowest BCUT2D eigenvalue weighted by molar-refractivity contribution is 0.102. The fourth-order valence-electron chi connectivity index (χ4n) is 2.74. The Balaban J connectivity index is 1.51. The van der Waals surface area contributed by atoms with Crippen molar-refractivity contribution in [3.05, 3.63) is 100 Å². The molecule has 0 atom stereocenters. The van der Waals surface area contributed by atoms with Crippen molar-refractivity contribution in [1.82, 2.24) is 0 Å². The molecule has 5 heteroatoms. The molecule has 0 saturated carbocycles. The molecule has 2 aromatic heterocycles. The maximum Gasteiger partial charge on any atom is 0.221 e. The molecule has 3 nitrogen and oxygen atoms in total. The Labute approximate surface area is 171 Å². The van der Waals surface area contributed by atoms with Crippen LogP contribution >= 0.6 is 23.2 Å². The summed E-state index contributed by atoms with van der Waals surface area (Å²) in [7, 11) is 0. The molecule has 2 heterocycles. The number of hydrogen-bond donors (Lipinski definition) is 0. The predicted molar refractivity (Wildman–Crippen MR) is 112 cm³/mol. The Hall–Kier alpha value is -3.01. The lowest BCUT2D eigenvalue weighted by Crippen LogP contribution is -1.90. The number of carbonyl (C=O) groups is 1. The van der Waals surface area contributed by atoms with Crippen molar-refractivity contribution in [2.75, 3.05) is 0 Å². The van der Waals surface area contributed by atoms with Crippen LogP contribution in [0.3, 0.4) is 0 Å². The summed E-state index contributed by atoms with van der Waals surface area (Å²) in [5.41, 5.74) is 1.61. The molecule has 0 aliphatic heterocycles. The van der Waals surface area contributed by atoms with Gasteiger partial charge < -0.3 is 8.83 Å². The Morgan fingerprint density at radius 2 is 1.61 bits per heavy atom. The molecule has 0 fully saturated rings. The van der Waals surface area contributed by atoms with E-state index in [-0.39, 0.29) is 11.5 Å². The minimum Gasteiger partial charge on any atom is -0.457 e. The van der Waals surface area contributed by atoms with E-state index in [0.29, 0.717) is 27.1 Å². The van der Waals surface area contributed by atoms with Gasteiger partial charge in [0, 0.05) is 16.1 Å². The Morgan fingerprint density at radius 3 is 2.43 bits per heavy atom. The number of carbonyl (C=O) groups excluding carboxylic acids is 1. The summed E-state index contributed by atoms with van der Waals surface area (Å²) in [6, 6.07) is 21.8. The summed E-state index contributed by atoms with van der Waals surface area (Å²) in [5, 5.41) is 1.04. The first-order chi connectivity index (χ1) is 13.6. The maximum absolute atomic E-state index is 12.4. The topological polar surface area (TPSA) is 43.4 Å². The average Bonchev–Trinajstić information content (AvgIpc) is 3.38. The van der Waals surface area contributed by atoms with E-state index in [1.807, 2.05) is 42.5 Å². The molecular formula is C23H14Cl2O3. The van der Waals surface area contributed by atoms with Gasteiger partial charge in [-0.2, -0.15) is 0 Å². The molecule has 28 heavy (non-hydrogen) atoms. The third kappa shape index (κ3) is 3.96. The number of ketones is 1. The second-order valence-corrected chi connectivity index (χ2v) is 6.90. The third-order valence-electron chi connectivity index (χ3n) is 4.13. The number of furan rings is 2. The number of halogens is 2. The van der Waals surface area contributed by atoms with Crippen molar-refractivity contribution in [2.24, 2.45) is 0 Å². The molecule has 0 spiro atoms. The molecule has 0 aliphatic rings. The van der Waals surface area contributed by atoms with Crippen LogP contribution in [0.25, 0.3) is 28.7 Å². The zero-order chi connectivity index (χ0) is 19.5. The minimum absolute atomic E-state index is 0.206. The van der Waals surface area contributed by atoms with Crippen molar-refractivity contribution in [1.29, 1.82) is 0 Å². The van der Waals surface area contributed by atoms with Crippen molar-refractivity contribution in [2.45, 2.75) is 0 Å². The Bertz CT molecular complexity index is 1150. The summed E-state index contributed by atoms with van der Waals surface area (Å²) >= 11 is 12.2. The second-order valence-electron chi connectivity index (χ2n) is 6.05. The molecule has 4 rings (SSSR count). The van der Waals surface area contributed by atoms with Gasteiger partial charge in [0.2, 0.25) is 5.78 Å². The number of allylic oxidation sites excluding steroid dienone is 1. The molecule has 0 N–H and O–H groups in total. The van der Waals surface area contributed by atoms with Gasteiger partial charge >= 0.3 is 0 Å². The van der Waals surface area contributed by atoms with E-state index in [2.05, 4.69) is 0 Å². The van der Waals surface area contributed by atoms with Crippen LogP contribution in [0.2, 0.25) is 10.0 Å². The number of hydrogen-bond acceptors (Lipinski definition) is 3. The first kappa shape index (κ1) is 18.4. The van der Waals surface area contributed by atoms with Gasteiger partial charge in [0.15, 0.2) is 5.76 Å². The largest absolute Gasteiger partial charge is 0.457 e. The van der Waals surface area contributed by atoms with Gasteiger partial charge in [-0.3, -0.25) is 4.79 Å². The first-order valence-electron chi connectivity index (χ1n) is 8.53. The first-order valence-corrected chi connectivity index (χ1v) is 9.29. The number of benzene rings is 2. The van der Waals surface area contributed by atoms with Crippen LogP contribution in [-0.4, -0.2) is 5.78 Å². The Morgan fingerprint density at radius 1 is 0.821 bits per heavy atom. The zero-order valence-electron chi connectivity index (χ0n) is 14.6. The van der Waals surface area contributed by atoms with Crippen LogP contribution in [0.4, 0.5) is 0 Å². The second kappa shape index (κ2) is 7.93. The van der Waals surface area contributed by atoms with Crippen LogP contribution in [0.15, 0.2) is 87.7 Å². The van der Waals surface area contributed by atoms with E-state index >= 15 is 0 Å². The molecule has 0 aliphatic carbocycles. The van der Waals surface area contributed by atoms with Gasteiger partial charge in [0.1, 0.15) is 17.3 Å². The van der Waals surface area contributed by atoms with Crippen molar-refractivity contribution in [3.8, 4) is 22.6 Å². The van der Waals surface area contributed by atoms with Crippen LogP contribution < -0.4 is 0 Å². The highest BCUT2D eigenvalue weighted by Crippen LogP contribution is 2.32. The Kier molecular flexibility index (Phi) is 5.20. The normalized spacial score (nSPS) is 11.2. The van der Waals surface area contributed by atoms with Crippen molar-refractivity contribution in [3.63, 3.8) is 0 Å². The fourth-order valence-corrected chi connectivity index (χ4v) is 3.12. The van der Waals surface area contributed by atoms with E-state index in [4.69, 9.17) is 32.0 Å². The quantitative estimate of drug-likeness (QED) is 0.255. The summed E-state index contributed by atoms with van der Waals surface area (Å²) < 4.78 is 11.4. The molecule has 0 bridgehead atoms. The van der Waals surface area contributed by atoms with Gasteiger partial charge in [0.05, 0.1) is 5.02 Å². The van der Waals surface area contributed by atoms with E-state index in [0.717, 1.165) is 11.3 Å². The van der Waals surface area contributed by atoms with Crippen LogP contribution in [0, 0.1) is 0 Å². The van der Waals surface area contributed by atoms with E-state index < -0.39 is 0 Å². The molecule has 0 radical (unpaired) electrons. The van der Waals surface area contributed by atoms with Gasteiger partial charge in [-0.05, 0) is 54.6 Å². The molecule has 0 saturated heterocycles. The lowest BCUT2D eigenvalue weighted by atomic mass is 10.2. The molecule has 0 unspecified atom stereocenters. The highest BCUT2D eigenvalue weighted by molar-refractivity contribution is 6.35. The summed E-state index contributed by atoms with van der Waals surface area (Å²) in [4.78, 5) is 12.4. The predicted octanol–water partition coefficient (Wildman–Crippen LogP) is 7.41. The summed E-state index contributed by atoms with van der Waals surface area (Å²) in [6.07, 6.45) is 3.03. The third-order valence-corrected chi connectivity index (χ3v) is 4.69. The van der Waals surface area contributed by atoms with Gasteiger partial charge in [-0.1, -0.05) is 53.5 Å². The molecule has 138 valence electrons. The van der Waals surface area contributed by atoms with Crippen LogP contribution in [0.5, 0.6) is 0 Å². The molecule has 0 amide bonds. The SMILES string of the molecule is O=C(C=Cc1ccc(-c2ccccc2)o1)c1ccc(-c2cc(Cl)ccc2Cl)o1. The lowest BCUT2D eigenvalue weighted by Gasteiger charge is -2.01. The highest BCUT2D eigenvalue weighted by Gasteiger charge is 2.13.